The third-order valence-electron chi connectivity index (χ3n) is 1.82. The summed E-state index contributed by atoms with van der Waals surface area (Å²) in [6.45, 7) is 1.66. The normalized spacial score (nSPS) is 10.5. The lowest BCUT2D eigenvalue weighted by molar-refractivity contribution is 0.558. The molecule has 0 aliphatic heterocycles. The molecule has 72 valence electrons. The van der Waals surface area contributed by atoms with Crippen LogP contribution in [0, 0.1) is 12.7 Å². The molecule has 0 bridgehead atoms. The molecule has 0 unspecified atom stereocenters. The highest BCUT2D eigenvalue weighted by Crippen LogP contribution is 2.24. The van der Waals surface area contributed by atoms with Crippen LogP contribution in [-0.4, -0.2) is 10.2 Å². The van der Waals surface area contributed by atoms with Gasteiger partial charge in [-0.25, -0.2) is 4.39 Å². The van der Waals surface area contributed by atoms with E-state index in [1.54, 1.807) is 25.1 Å². The highest BCUT2D eigenvalue weighted by molar-refractivity contribution is 6.27. The monoisotopic (exact) mass is 212 g/mol. The van der Waals surface area contributed by atoms with Crippen LogP contribution >= 0.6 is 11.6 Å². The molecule has 0 saturated heterocycles. The average molecular weight is 213 g/mol. The molecule has 0 fully saturated rings. The molecule has 0 atom stereocenters. The van der Waals surface area contributed by atoms with Crippen LogP contribution in [0.4, 0.5) is 4.39 Å². The number of hydrogen-bond acceptors (Lipinski definition) is 3. The number of halogens is 2. The van der Waals surface area contributed by atoms with Crippen molar-refractivity contribution < 1.29 is 8.81 Å². The molecule has 0 aliphatic carbocycles. The molecule has 0 radical (unpaired) electrons. The fourth-order valence-corrected chi connectivity index (χ4v) is 1.24. The van der Waals surface area contributed by atoms with Gasteiger partial charge in [0.05, 0.1) is 5.56 Å². The van der Waals surface area contributed by atoms with Crippen LogP contribution in [0.25, 0.3) is 11.5 Å². The molecule has 1 aromatic heterocycles. The zero-order valence-corrected chi connectivity index (χ0v) is 8.05. The Morgan fingerprint density at radius 3 is 2.79 bits per heavy atom. The standard InChI is InChI=1S/C9H6ClFN2O/c1-5-3-2-4-6(7(5)11)8-12-13-9(10)14-8/h2-4H,1H3. The third-order valence-corrected chi connectivity index (χ3v) is 1.98. The van der Waals surface area contributed by atoms with Crippen molar-refractivity contribution in [3.05, 3.63) is 34.9 Å². The summed E-state index contributed by atoms with van der Waals surface area (Å²) in [6.07, 6.45) is 0. The maximum atomic E-state index is 13.5. The van der Waals surface area contributed by atoms with Crippen LogP contribution < -0.4 is 0 Å². The van der Waals surface area contributed by atoms with E-state index in [1.807, 2.05) is 0 Å². The molecule has 1 aromatic carbocycles. The summed E-state index contributed by atoms with van der Waals surface area (Å²) < 4.78 is 18.4. The minimum atomic E-state index is -0.368. The van der Waals surface area contributed by atoms with E-state index in [9.17, 15) is 4.39 Å². The Labute approximate surface area is 84.5 Å². The average Bonchev–Trinajstić information content (AvgIpc) is 2.57. The zero-order chi connectivity index (χ0) is 10.1. The Hall–Kier alpha value is -1.42. The van der Waals surface area contributed by atoms with Crippen molar-refractivity contribution in [2.75, 3.05) is 0 Å². The summed E-state index contributed by atoms with van der Waals surface area (Å²) in [5.41, 5.74) is 0.793. The molecule has 5 heteroatoms. The molecule has 14 heavy (non-hydrogen) atoms. The molecule has 0 amide bonds. The Morgan fingerprint density at radius 1 is 1.36 bits per heavy atom. The molecule has 2 aromatic rings. The smallest absolute Gasteiger partial charge is 0.313 e. The summed E-state index contributed by atoms with van der Waals surface area (Å²) in [6, 6.07) is 4.94. The predicted octanol–water partition coefficient (Wildman–Crippen LogP) is 2.84. The van der Waals surface area contributed by atoms with Crippen molar-refractivity contribution in [3.63, 3.8) is 0 Å². The van der Waals surface area contributed by atoms with Gasteiger partial charge in [-0.1, -0.05) is 17.2 Å². The highest BCUT2D eigenvalue weighted by atomic mass is 35.5. The van der Waals surface area contributed by atoms with E-state index in [-0.39, 0.29) is 22.6 Å². The summed E-state index contributed by atoms with van der Waals surface area (Å²) >= 11 is 5.44. The Morgan fingerprint density at radius 2 is 2.14 bits per heavy atom. The highest BCUT2D eigenvalue weighted by Gasteiger charge is 2.12. The van der Waals surface area contributed by atoms with Gasteiger partial charge >= 0.3 is 5.35 Å². The minimum Gasteiger partial charge on any atom is -0.407 e. The first kappa shape index (κ1) is 9.15. The zero-order valence-electron chi connectivity index (χ0n) is 7.29. The molecule has 0 aliphatic rings. The summed E-state index contributed by atoms with van der Waals surface area (Å²) in [5, 5.41) is 6.95. The summed E-state index contributed by atoms with van der Waals surface area (Å²) in [7, 11) is 0. The van der Waals surface area contributed by atoms with E-state index < -0.39 is 0 Å². The molecular formula is C9H6ClFN2O. The van der Waals surface area contributed by atoms with Gasteiger partial charge in [-0.05, 0) is 30.2 Å². The van der Waals surface area contributed by atoms with Crippen molar-refractivity contribution in [2.24, 2.45) is 0 Å². The second kappa shape index (κ2) is 3.38. The van der Waals surface area contributed by atoms with E-state index in [4.69, 9.17) is 16.0 Å². The molecule has 0 spiro atoms. The van der Waals surface area contributed by atoms with Gasteiger partial charge in [0.1, 0.15) is 5.82 Å². The molecule has 3 nitrogen and oxygen atoms in total. The largest absolute Gasteiger partial charge is 0.407 e. The third kappa shape index (κ3) is 1.48. The lowest BCUT2D eigenvalue weighted by Crippen LogP contribution is -1.87. The number of nitrogens with zero attached hydrogens (tertiary/aromatic N) is 2. The molecular weight excluding hydrogens is 207 g/mol. The number of hydrogen-bond donors (Lipinski definition) is 0. The van der Waals surface area contributed by atoms with E-state index >= 15 is 0 Å². The Kier molecular flexibility index (Phi) is 2.21. The SMILES string of the molecule is Cc1cccc(-c2nnc(Cl)o2)c1F. The summed E-state index contributed by atoms with van der Waals surface area (Å²) in [5.74, 6) is -0.274. The molecule has 2 rings (SSSR count). The van der Waals surface area contributed by atoms with Crippen molar-refractivity contribution >= 4 is 11.6 Å². The van der Waals surface area contributed by atoms with Crippen LogP contribution in [0.3, 0.4) is 0 Å². The minimum absolute atomic E-state index is 0.0937. The van der Waals surface area contributed by atoms with Crippen molar-refractivity contribution in [2.45, 2.75) is 6.92 Å². The van der Waals surface area contributed by atoms with Crippen LogP contribution in [0.15, 0.2) is 22.6 Å². The van der Waals surface area contributed by atoms with Crippen LogP contribution in [-0.2, 0) is 0 Å². The Balaban J connectivity index is 2.57. The Bertz CT molecular complexity index is 470. The first-order valence-corrected chi connectivity index (χ1v) is 4.31. The second-order valence-electron chi connectivity index (χ2n) is 2.80. The van der Waals surface area contributed by atoms with Gasteiger partial charge in [0.25, 0.3) is 5.89 Å². The lowest BCUT2D eigenvalue weighted by atomic mass is 10.1. The first-order chi connectivity index (χ1) is 6.68. The number of aryl methyl sites for hydroxylation is 1. The molecule has 0 N–H and O–H groups in total. The van der Waals surface area contributed by atoms with E-state index in [0.717, 1.165) is 0 Å². The molecule has 1 heterocycles. The molecule has 0 saturated carbocycles. The second-order valence-corrected chi connectivity index (χ2v) is 3.12. The maximum Gasteiger partial charge on any atom is 0.313 e. The van der Waals surface area contributed by atoms with Gasteiger partial charge in [-0.3, -0.25) is 0 Å². The van der Waals surface area contributed by atoms with Crippen molar-refractivity contribution in [1.29, 1.82) is 0 Å². The van der Waals surface area contributed by atoms with Gasteiger partial charge in [0.15, 0.2) is 0 Å². The predicted molar refractivity (Wildman–Crippen MR) is 49.4 cm³/mol. The van der Waals surface area contributed by atoms with Crippen LogP contribution in [0.2, 0.25) is 5.35 Å². The van der Waals surface area contributed by atoms with Crippen molar-refractivity contribution in [3.8, 4) is 11.5 Å². The quantitative estimate of drug-likeness (QED) is 0.730. The fourth-order valence-electron chi connectivity index (χ4n) is 1.13. The van der Waals surface area contributed by atoms with E-state index in [2.05, 4.69) is 10.2 Å². The number of rotatable bonds is 1. The first-order valence-electron chi connectivity index (χ1n) is 3.93. The number of benzene rings is 1. The van der Waals surface area contributed by atoms with Crippen LogP contribution in [0.1, 0.15) is 5.56 Å². The lowest BCUT2D eigenvalue weighted by Gasteiger charge is -1.99. The fraction of sp³-hybridized carbons (Fsp3) is 0.111. The van der Waals surface area contributed by atoms with Gasteiger partial charge in [-0.2, -0.15) is 0 Å². The number of aromatic nitrogens is 2. The topological polar surface area (TPSA) is 38.9 Å². The van der Waals surface area contributed by atoms with E-state index in [0.29, 0.717) is 5.56 Å². The van der Waals surface area contributed by atoms with Crippen LogP contribution in [0.5, 0.6) is 0 Å². The van der Waals surface area contributed by atoms with Crippen molar-refractivity contribution in [1.82, 2.24) is 10.2 Å². The maximum absolute atomic E-state index is 13.5. The van der Waals surface area contributed by atoms with Gasteiger partial charge < -0.3 is 4.42 Å². The van der Waals surface area contributed by atoms with Gasteiger partial charge in [-0.15, -0.1) is 5.10 Å². The summed E-state index contributed by atoms with van der Waals surface area (Å²) in [4.78, 5) is 0. The van der Waals surface area contributed by atoms with Gasteiger partial charge in [0, 0.05) is 0 Å². The van der Waals surface area contributed by atoms with Gasteiger partial charge in [0.2, 0.25) is 0 Å². The van der Waals surface area contributed by atoms with E-state index in [1.165, 1.54) is 0 Å².